The molecule has 1 atom stereocenters. The van der Waals surface area contributed by atoms with Gasteiger partial charge in [-0.05, 0) is 48.2 Å². The highest BCUT2D eigenvalue weighted by Gasteiger charge is 2.07. The van der Waals surface area contributed by atoms with E-state index < -0.39 is 0 Å². The topological polar surface area (TPSA) is 72.5 Å². The summed E-state index contributed by atoms with van der Waals surface area (Å²) in [5.74, 6) is 0. The largest absolute Gasteiger partial charge is 0.327 e. The Labute approximate surface area is 156 Å². The second-order valence-electron chi connectivity index (χ2n) is 6.54. The average Bonchev–Trinajstić information content (AvgIpc) is 3.30. The number of fused-ring (bicyclic) bond motifs is 1. The van der Waals surface area contributed by atoms with Crippen LogP contribution in [0.5, 0.6) is 0 Å². The zero-order valence-electron chi connectivity index (χ0n) is 14.3. The molecule has 0 saturated heterocycles. The summed E-state index contributed by atoms with van der Waals surface area (Å²) in [6.45, 7) is 0.794. The number of benzene rings is 2. The molecule has 0 fully saturated rings. The molecule has 2 aromatic carbocycles. The van der Waals surface area contributed by atoms with Gasteiger partial charge in [-0.3, -0.25) is 9.78 Å². The second kappa shape index (κ2) is 7.32. The van der Waals surface area contributed by atoms with Gasteiger partial charge in [0.25, 0.3) is 0 Å². The normalized spacial score (nSPS) is 12.5. The van der Waals surface area contributed by atoms with Crippen molar-refractivity contribution in [2.24, 2.45) is 5.73 Å². The molecule has 0 radical (unpaired) electrons. The first-order chi connectivity index (χ1) is 12.7. The Hall–Kier alpha value is -2.63. The third kappa shape index (κ3) is 3.79. The Morgan fingerprint density at radius 3 is 2.77 bits per heavy atom. The van der Waals surface area contributed by atoms with Crippen molar-refractivity contribution in [3.8, 4) is 11.1 Å². The van der Waals surface area contributed by atoms with Crippen molar-refractivity contribution in [2.45, 2.75) is 25.4 Å². The Balaban J connectivity index is 1.37. The summed E-state index contributed by atoms with van der Waals surface area (Å²) in [5.41, 5.74) is 10.7. The van der Waals surface area contributed by atoms with E-state index in [9.17, 15) is 0 Å². The minimum absolute atomic E-state index is 0.0890. The number of nitrogens with two attached hydrogens (primary N) is 1. The smallest absolute Gasteiger partial charge is 0.0650 e. The molecule has 0 spiro atoms. The second-order valence-corrected chi connectivity index (χ2v) is 6.98. The first kappa shape index (κ1) is 16.8. The maximum atomic E-state index is 6.28. The molecule has 3 N–H and O–H groups in total. The molecule has 26 heavy (non-hydrogen) atoms. The van der Waals surface area contributed by atoms with E-state index in [0.717, 1.165) is 46.4 Å². The highest BCUT2D eigenvalue weighted by Crippen LogP contribution is 2.23. The third-order valence-corrected chi connectivity index (χ3v) is 4.80. The van der Waals surface area contributed by atoms with E-state index in [1.807, 2.05) is 47.4 Å². The van der Waals surface area contributed by atoms with Crippen LogP contribution in [0.3, 0.4) is 0 Å². The number of halogens is 1. The minimum atomic E-state index is 0.0890. The van der Waals surface area contributed by atoms with E-state index in [0.29, 0.717) is 0 Å². The lowest BCUT2D eigenvalue weighted by Gasteiger charge is -2.11. The van der Waals surface area contributed by atoms with Crippen molar-refractivity contribution in [1.82, 2.24) is 20.0 Å². The lowest BCUT2D eigenvalue weighted by molar-refractivity contribution is 0.507. The van der Waals surface area contributed by atoms with E-state index in [2.05, 4.69) is 33.6 Å². The number of nitrogens with zero attached hydrogens (tertiary/aromatic N) is 3. The number of H-pyrrole nitrogens is 1. The molecular weight excluding hydrogens is 346 g/mol. The number of aryl methyl sites for hydroxylation is 1. The number of rotatable bonds is 6. The summed E-state index contributed by atoms with van der Waals surface area (Å²) >= 11 is 5.92. The molecule has 4 aromatic rings. The van der Waals surface area contributed by atoms with Gasteiger partial charge in [-0.25, -0.2) is 0 Å². The number of aromatic amines is 1. The van der Waals surface area contributed by atoms with Crippen molar-refractivity contribution in [1.29, 1.82) is 0 Å². The van der Waals surface area contributed by atoms with Crippen molar-refractivity contribution < 1.29 is 0 Å². The van der Waals surface area contributed by atoms with Gasteiger partial charge in [0.2, 0.25) is 0 Å². The van der Waals surface area contributed by atoms with Crippen LogP contribution in [-0.2, 0) is 13.0 Å². The van der Waals surface area contributed by atoms with Gasteiger partial charge in [0.1, 0.15) is 0 Å². The Bertz CT molecular complexity index is 1000. The quantitative estimate of drug-likeness (QED) is 0.541. The fourth-order valence-corrected chi connectivity index (χ4v) is 3.21. The van der Waals surface area contributed by atoms with Crippen molar-refractivity contribution in [3.05, 3.63) is 71.6 Å². The molecule has 0 aliphatic heterocycles. The molecule has 5 nitrogen and oxygen atoms in total. The first-order valence-corrected chi connectivity index (χ1v) is 9.01. The van der Waals surface area contributed by atoms with Crippen molar-refractivity contribution in [2.75, 3.05) is 0 Å². The average molecular weight is 366 g/mol. The lowest BCUT2D eigenvalue weighted by atomic mass is 10.0. The molecule has 6 heteroatoms. The monoisotopic (exact) mass is 365 g/mol. The van der Waals surface area contributed by atoms with Crippen LogP contribution in [0.2, 0.25) is 5.02 Å². The van der Waals surface area contributed by atoms with E-state index in [-0.39, 0.29) is 6.04 Å². The molecule has 0 unspecified atom stereocenters. The summed E-state index contributed by atoms with van der Waals surface area (Å²) in [5, 5.41) is 13.3. The summed E-state index contributed by atoms with van der Waals surface area (Å²) in [7, 11) is 0. The van der Waals surface area contributed by atoms with Crippen LogP contribution in [0.4, 0.5) is 0 Å². The Morgan fingerprint density at radius 2 is 1.92 bits per heavy atom. The molecule has 132 valence electrons. The third-order valence-electron chi connectivity index (χ3n) is 4.55. The van der Waals surface area contributed by atoms with E-state index in [4.69, 9.17) is 17.3 Å². The van der Waals surface area contributed by atoms with Crippen molar-refractivity contribution >= 4 is 22.5 Å². The molecule has 2 heterocycles. The summed E-state index contributed by atoms with van der Waals surface area (Å²) in [4.78, 5) is 0. The highest BCUT2D eigenvalue weighted by atomic mass is 35.5. The van der Waals surface area contributed by atoms with Gasteiger partial charge in [-0.15, -0.1) is 0 Å². The molecule has 0 amide bonds. The number of aromatic nitrogens is 4. The number of hydrogen-bond acceptors (Lipinski definition) is 3. The van der Waals surface area contributed by atoms with Gasteiger partial charge < -0.3 is 5.73 Å². The van der Waals surface area contributed by atoms with Crippen molar-refractivity contribution in [3.63, 3.8) is 0 Å². The van der Waals surface area contributed by atoms with Crippen LogP contribution in [-0.4, -0.2) is 26.0 Å². The summed E-state index contributed by atoms with van der Waals surface area (Å²) in [6, 6.07) is 14.2. The fourth-order valence-electron chi connectivity index (χ4n) is 3.08. The standard InChI is InChI=1S/C20H20ClN5/c21-18-4-1-14(2-5-18)9-19(22)7-8-26-13-17(12-24-26)15-3-6-20-16(10-15)11-23-25-20/h1-6,10-13,19H,7-9,22H2,(H,23,25)/t19-/m1/s1. The van der Waals surface area contributed by atoms with Crippen LogP contribution in [0.25, 0.3) is 22.0 Å². The molecule has 0 saturated carbocycles. The van der Waals surface area contributed by atoms with Crippen LogP contribution in [0.15, 0.2) is 61.1 Å². The molecule has 0 aliphatic carbocycles. The summed E-state index contributed by atoms with van der Waals surface area (Å²) < 4.78 is 1.95. The molecule has 2 aromatic heterocycles. The van der Waals surface area contributed by atoms with Gasteiger partial charge in [-0.2, -0.15) is 10.2 Å². The van der Waals surface area contributed by atoms with Gasteiger partial charge in [0.15, 0.2) is 0 Å². The number of nitrogens with one attached hydrogen (secondary N) is 1. The van der Waals surface area contributed by atoms with Gasteiger partial charge in [0, 0.05) is 34.8 Å². The number of hydrogen-bond donors (Lipinski definition) is 2. The van der Waals surface area contributed by atoms with Crippen LogP contribution >= 0.6 is 11.6 Å². The van der Waals surface area contributed by atoms with Crippen LogP contribution in [0.1, 0.15) is 12.0 Å². The van der Waals surface area contributed by atoms with Crippen LogP contribution in [0, 0.1) is 0 Å². The van der Waals surface area contributed by atoms with Gasteiger partial charge in [-0.1, -0.05) is 29.8 Å². The SMILES string of the molecule is N[C@H](CCn1cc(-c2ccc3[nH]ncc3c2)cn1)Cc1ccc(Cl)cc1. The minimum Gasteiger partial charge on any atom is -0.327 e. The maximum absolute atomic E-state index is 6.28. The highest BCUT2D eigenvalue weighted by molar-refractivity contribution is 6.30. The fraction of sp³-hybridized carbons (Fsp3) is 0.200. The Morgan fingerprint density at radius 1 is 1.08 bits per heavy atom. The van der Waals surface area contributed by atoms with Crippen LogP contribution < -0.4 is 5.73 Å². The Kier molecular flexibility index (Phi) is 4.73. The predicted octanol–water partition coefficient (Wildman–Crippen LogP) is 4.04. The summed E-state index contributed by atoms with van der Waals surface area (Å²) in [6.07, 6.45) is 7.49. The predicted molar refractivity (Wildman–Crippen MR) is 105 cm³/mol. The maximum Gasteiger partial charge on any atom is 0.0650 e. The zero-order chi connectivity index (χ0) is 17.9. The van der Waals surface area contributed by atoms with E-state index >= 15 is 0 Å². The van der Waals surface area contributed by atoms with Gasteiger partial charge in [0.05, 0.1) is 17.9 Å². The molecule has 0 aliphatic rings. The molecule has 4 rings (SSSR count). The first-order valence-electron chi connectivity index (χ1n) is 8.63. The molecule has 0 bridgehead atoms. The lowest BCUT2D eigenvalue weighted by Crippen LogP contribution is -2.24. The molecular formula is C20H20ClN5. The van der Waals surface area contributed by atoms with E-state index in [1.54, 1.807) is 0 Å². The van der Waals surface area contributed by atoms with E-state index in [1.165, 1.54) is 5.56 Å². The van der Waals surface area contributed by atoms with Gasteiger partial charge >= 0.3 is 0 Å². The zero-order valence-corrected chi connectivity index (χ0v) is 15.0.